The van der Waals surface area contributed by atoms with E-state index in [9.17, 15) is 9.59 Å². The highest BCUT2D eigenvalue weighted by Crippen LogP contribution is 2.22. The van der Waals surface area contributed by atoms with Gasteiger partial charge in [-0.05, 0) is 31.0 Å². The first-order valence-electron chi connectivity index (χ1n) is 10.5. The van der Waals surface area contributed by atoms with Crippen molar-refractivity contribution in [3.05, 3.63) is 102 Å². The number of hydrogen-bond acceptors (Lipinski definition) is 3. The van der Waals surface area contributed by atoms with E-state index in [0.29, 0.717) is 24.2 Å². The molecule has 0 spiro atoms. The molecule has 0 bridgehead atoms. The van der Waals surface area contributed by atoms with E-state index >= 15 is 0 Å². The molecule has 0 fully saturated rings. The lowest BCUT2D eigenvalue weighted by molar-refractivity contribution is -0.121. The zero-order valence-corrected chi connectivity index (χ0v) is 17.5. The maximum Gasteiger partial charge on any atom is 0.220 e. The molecule has 0 radical (unpaired) electrons. The van der Waals surface area contributed by atoms with Gasteiger partial charge >= 0.3 is 0 Å². The van der Waals surface area contributed by atoms with Gasteiger partial charge in [0.25, 0.3) is 0 Å². The fourth-order valence-electron chi connectivity index (χ4n) is 3.73. The predicted octanol–water partition coefficient (Wildman–Crippen LogP) is 4.73. The summed E-state index contributed by atoms with van der Waals surface area (Å²) in [7, 11) is 0. The monoisotopic (exact) mass is 411 g/mol. The van der Waals surface area contributed by atoms with Crippen molar-refractivity contribution in [3.8, 4) is 0 Å². The van der Waals surface area contributed by atoms with Gasteiger partial charge < -0.3 is 9.88 Å². The van der Waals surface area contributed by atoms with Crippen LogP contribution in [-0.2, 0) is 17.8 Å². The number of nitrogens with zero attached hydrogens (tertiary/aromatic N) is 2. The molecule has 0 saturated carbocycles. The number of aromatic nitrogens is 2. The third-order valence-electron chi connectivity index (χ3n) is 5.33. The molecule has 5 nitrogen and oxygen atoms in total. The van der Waals surface area contributed by atoms with Crippen LogP contribution in [0.1, 0.15) is 41.1 Å². The van der Waals surface area contributed by atoms with E-state index in [1.807, 2.05) is 96.4 Å². The second kappa shape index (κ2) is 9.39. The number of carbonyl (C=O) groups is 2. The number of carbonyl (C=O) groups excluding carboxylic acids is 2. The van der Waals surface area contributed by atoms with Crippen LogP contribution in [0.5, 0.6) is 0 Å². The average molecular weight is 412 g/mol. The molecule has 1 unspecified atom stereocenters. The second-order valence-electron chi connectivity index (χ2n) is 7.61. The number of para-hydroxylation sites is 2. The first kappa shape index (κ1) is 20.5. The van der Waals surface area contributed by atoms with Crippen molar-refractivity contribution in [3.63, 3.8) is 0 Å². The molecule has 0 saturated heterocycles. The average Bonchev–Trinajstić information content (AvgIpc) is 3.17. The molecular formula is C26H25N3O2. The first-order chi connectivity index (χ1) is 15.1. The van der Waals surface area contributed by atoms with Crippen LogP contribution in [0, 0.1) is 0 Å². The molecule has 1 heterocycles. The molecule has 0 aliphatic carbocycles. The highest BCUT2D eigenvalue weighted by Gasteiger charge is 2.20. The molecule has 31 heavy (non-hydrogen) atoms. The van der Waals surface area contributed by atoms with Crippen LogP contribution >= 0.6 is 0 Å². The van der Waals surface area contributed by atoms with E-state index in [1.165, 1.54) is 0 Å². The third kappa shape index (κ3) is 4.89. The molecule has 0 aliphatic heterocycles. The van der Waals surface area contributed by atoms with Gasteiger partial charge in [0.2, 0.25) is 5.91 Å². The standard InChI is InChI=1S/C26H25N3O2/c1-19(27-25(31)17-16-20-10-4-2-5-11-20)26-28-22-14-8-9-15-23(22)29(26)18-24(30)21-12-6-3-7-13-21/h2-15,19H,16-18H2,1H3,(H,27,31). The van der Waals surface area contributed by atoms with Gasteiger partial charge in [0, 0.05) is 12.0 Å². The molecular weight excluding hydrogens is 386 g/mol. The molecule has 5 heteroatoms. The molecule has 4 rings (SSSR count). The third-order valence-corrected chi connectivity index (χ3v) is 5.33. The Morgan fingerprint density at radius 1 is 0.903 bits per heavy atom. The number of nitrogens with one attached hydrogen (secondary N) is 1. The van der Waals surface area contributed by atoms with Crippen LogP contribution in [0.4, 0.5) is 0 Å². The van der Waals surface area contributed by atoms with Crippen molar-refractivity contribution in [2.24, 2.45) is 0 Å². The van der Waals surface area contributed by atoms with Gasteiger partial charge in [-0.2, -0.15) is 0 Å². The fraction of sp³-hybridized carbons (Fsp3) is 0.192. The highest BCUT2D eigenvalue weighted by atomic mass is 16.1. The number of fused-ring (bicyclic) bond motifs is 1. The normalized spacial score (nSPS) is 11.9. The van der Waals surface area contributed by atoms with E-state index in [0.717, 1.165) is 16.6 Å². The first-order valence-corrected chi connectivity index (χ1v) is 10.5. The Bertz CT molecular complexity index is 1180. The second-order valence-corrected chi connectivity index (χ2v) is 7.61. The summed E-state index contributed by atoms with van der Waals surface area (Å²) in [4.78, 5) is 30.2. The summed E-state index contributed by atoms with van der Waals surface area (Å²) in [5, 5.41) is 3.05. The van der Waals surface area contributed by atoms with E-state index < -0.39 is 0 Å². The minimum atomic E-state index is -0.320. The van der Waals surface area contributed by atoms with Gasteiger partial charge in [-0.25, -0.2) is 4.98 Å². The molecule has 1 atom stereocenters. The molecule has 1 N–H and O–H groups in total. The summed E-state index contributed by atoms with van der Waals surface area (Å²) in [6.45, 7) is 2.08. The van der Waals surface area contributed by atoms with Crippen molar-refractivity contribution in [1.82, 2.24) is 14.9 Å². The number of aryl methyl sites for hydroxylation is 1. The van der Waals surface area contributed by atoms with Crippen molar-refractivity contribution < 1.29 is 9.59 Å². The largest absolute Gasteiger partial charge is 0.346 e. The Hall–Kier alpha value is -3.73. The summed E-state index contributed by atoms with van der Waals surface area (Å²) in [6, 6.07) is 26.6. The summed E-state index contributed by atoms with van der Waals surface area (Å²) in [6.07, 6.45) is 1.08. The fourth-order valence-corrected chi connectivity index (χ4v) is 3.73. The Morgan fingerprint density at radius 2 is 1.55 bits per heavy atom. The number of benzene rings is 3. The maximum atomic E-state index is 12.9. The molecule has 3 aromatic carbocycles. The summed E-state index contributed by atoms with van der Waals surface area (Å²) in [5.74, 6) is 0.649. The Morgan fingerprint density at radius 3 is 2.29 bits per heavy atom. The zero-order chi connectivity index (χ0) is 21.6. The summed E-state index contributed by atoms with van der Waals surface area (Å²) < 4.78 is 1.91. The van der Waals surface area contributed by atoms with Crippen molar-refractivity contribution in [2.75, 3.05) is 0 Å². The smallest absolute Gasteiger partial charge is 0.220 e. The van der Waals surface area contributed by atoms with Crippen LogP contribution < -0.4 is 5.32 Å². The quantitative estimate of drug-likeness (QED) is 0.426. The van der Waals surface area contributed by atoms with Crippen molar-refractivity contribution in [1.29, 1.82) is 0 Å². The van der Waals surface area contributed by atoms with Gasteiger partial charge in [0.05, 0.1) is 23.6 Å². The number of rotatable bonds is 8. The SMILES string of the molecule is CC(NC(=O)CCc1ccccc1)c1nc2ccccc2n1CC(=O)c1ccccc1. The zero-order valence-electron chi connectivity index (χ0n) is 17.5. The van der Waals surface area contributed by atoms with E-state index in [-0.39, 0.29) is 24.3 Å². The lowest BCUT2D eigenvalue weighted by Gasteiger charge is -2.16. The van der Waals surface area contributed by atoms with E-state index in [1.54, 1.807) is 0 Å². The Kier molecular flexibility index (Phi) is 6.22. The molecule has 1 aromatic heterocycles. The van der Waals surface area contributed by atoms with Crippen molar-refractivity contribution in [2.45, 2.75) is 32.4 Å². The Balaban J connectivity index is 1.53. The van der Waals surface area contributed by atoms with Gasteiger partial charge in [0.15, 0.2) is 5.78 Å². The van der Waals surface area contributed by atoms with Crippen LogP contribution in [-0.4, -0.2) is 21.2 Å². The maximum absolute atomic E-state index is 12.9. The number of ketones is 1. The van der Waals surface area contributed by atoms with Crippen LogP contribution in [0.3, 0.4) is 0 Å². The Labute approximate surface area is 181 Å². The topological polar surface area (TPSA) is 64.0 Å². The number of imidazole rings is 1. The molecule has 1 amide bonds. The number of hydrogen-bond donors (Lipinski definition) is 1. The minimum absolute atomic E-state index is 0.00704. The predicted molar refractivity (Wildman–Crippen MR) is 122 cm³/mol. The van der Waals surface area contributed by atoms with Crippen LogP contribution in [0.15, 0.2) is 84.9 Å². The minimum Gasteiger partial charge on any atom is -0.346 e. The highest BCUT2D eigenvalue weighted by molar-refractivity contribution is 5.96. The molecule has 4 aromatic rings. The number of Topliss-reactive ketones (excluding diaryl/α,β-unsaturated/α-hetero) is 1. The summed E-state index contributed by atoms with van der Waals surface area (Å²) >= 11 is 0. The van der Waals surface area contributed by atoms with Gasteiger partial charge in [-0.15, -0.1) is 0 Å². The number of amides is 1. The van der Waals surface area contributed by atoms with Crippen LogP contribution in [0.2, 0.25) is 0 Å². The molecule has 156 valence electrons. The van der Waals surface area contributed by atoms with E-state index in [4.69, 9.17) is 4.98 Å². The van der Waals surface area contributed by atoms with Gasteiger partial charge in [0.1, 0.15) is 5.82 Å². The summed E-state index contributed by atoms with van der Waals surface area (Å²) in [5.41, 5.74) is 3.48. The van der Waals surface area contributed by atoms with E-state index in [2.05, 4.69) is 5.32 Å². The van der Waals surface area contributed by atoms with Gasteiger partial charge in [-0.1, -0.05) is 72.8 Å². The molecule has 0 aliphatic rings. The van der Waals surface area contributed by atoms with Crippen molar-refractivity contribution >= 4 is 22.7 Å². The lowest BCUT2D eigenvalue weighted by atomic mass is 10.1. The van der Waals surface area contributed by atoms with Gasteiger partial charge in [-0.3, -0.25) is 9.59 Å². The lowest BCUT2D eigenvalue weighted by Crippen LogP contribution is -2.29. The van der Waals surface area contributed by atoms with Crippen LogP contribution in [0.25, 0.3) is 11.0 Å².